The molecule has 0 aliphatic heterocycles. The van der Waals surface area contributed by atoms with Crippen LogP contribution in [0.3, 0.4) is 0 Å². The maximum atomic E-state index is 12.3. The molecule has 1 heterocycles. The Morgan fingerprint density at radius 3 is 2.60 bits per heavy atom. The Kier molecular flexibility index (Phi) is 6.91. The number of benzene rings is 1. The standard InChI is InChI=1S/C18H18N2O4S/c1-2-19-18(23)20-17(22)16(14-6-4-3-5-7-14)24-15(21)9-8-13-10-11-25-12-13/h3-12,16H,2H2,1H3,(H2,19,20,22,23)/b9-8+. The second kappa shape index (κ2) is 9.39. The molecule has 1 aromatic carbocycles. The highest BCUT2D eigenvalue weighted by molar-refractivity contribution is 7.08. The zero-order chi connectivity index (χ0) is 18.1. The lowest BCUT2D eigenvalue weighted by Gasteiger charge is -2.16. The number of nitrogens with one attached hydrogen (secondary N) is 2. The number of hydrogen-bond acceptors (Lipinski definition) is 5. The van der Waals surface area contributed by atoms with Gasteiger partial charge < -0.3 is 10.1 Å². The van der Waals surface area contributed by atoms with Crippen molar-refractivity contribution in [2.75, 3.05) is 6.54 Å². The van der Waals surface area contributed by atoms with Gasteiger partial charge in [-0.2, -0.15) is 11.3 Å². The van der Waals surface area contributed by atoms with Crippen molar-refractivity contribution in [3.8, 4) is 0 Å². The summed E-state index contributed by atoms with van der Waals surface area (Å²) in [6.45, 7) is 2.10. The van der Waals surface area contributed by atoms with Crippen molar-refractivity contribution in [2.45, 2.75) is 13.0 Å². The molecule has 0 aliphatic carbocycles. The molecular formula is C18H18N2O4S. The first kappa shape index (κ1) is 18.4. The topological polar surface area (TPSA) is 84.5 Å². The van der Waals surface area contributed by atoms with Gasteiger partial charge in [0, 0.05) is 18.2 Å². The average molecular weight is 358 g/mol. The lowest BCUT2D eigenvalue weighted by atomic mass is 10.1. The van der Waals surface area contributed by atoms with Gasteiger partial charge in [-0.3, -0.25) is 10.1 Å². The largest absolute Gasteiger partial charge is 0.444 e. The number of amides is 3. The summed E-state index contributed by atoms with van der Waals surface area (Å²) in [7, 11) is 0. The van der Waals surface area contributed by atoms with Crippen LogP contribution in [0.1, 0.15) is 24.2 Å². The van der Waals surface area contributed by atoms with E-state index in [9.17, 15) is 14.4 Å². The van der Waals surface area contributed by atoms with Crippen molar-refractivity contribution in [2.24, 2.45) is 0 Å². The zero-order valence-electron chi connectivity index (χ0n) is 13.6. The summed E-state index contributed by atoms with van der Waals surface area (Å²) in [6.07, 6.45) is 1.63. The van der Waals surface area contributed by atoms with Crippen LogP contribution in [0.4, 0.5) is 4.79 Å². The molecule has 0 saturated carbocycles. The Labute approximate surface area is 149 Å². The first-order valence-corrected chi connectivity index (χ1v) is 8.59. The van der Waals surface area contributed by atoms with E-state index in [0.29, 0.717) is 12.1 Å². The highest BCUT2D eigenvalue weighted by Crippen LogP contribution is 2.18. The molecule has 1 unspecified atom stereocenters. The Balaban J connectivity index is 2.10. The van der Waals surface area contributed by atoms with Crippen LogP contribution in [-0.4, -0.2) is 24.5 Å². The van der Waals surface area contributed by atoms with Gasteiger partial charge in [0.25, 0.3) is 5.91 Å². The molecule has 1 atom stereocenters. The van der Waals surface area contributed by atoms with Crippen LogP contribution in [0.15, 0.2) is 53.2 Å². The van der Waals surface area contributed by atoms with E-state index in [4.69, 9.17) is 4.74 Å². The van der Waals surface area contributed by atoms with Gasteiger partial charge in [-0.15, -0.1) is 0 Å². The van der Waals surface area contributed by atoms with Crippen LogP contribution in [0.2, 0.25) is 0 Å². The molecular weight excluding hydrogens is 340 g/mol. The molecule has 2 aromatic rings. The van der Waals surface area contributed by atoms with Crippen molar-refractivity contribution >= 4 is 35.3 Å². The SMILES string of the molecule is CCNC(=O)NC(=O)C(OC(=O)/C=C/c1ccsc1)c1ccccc1. The lowest BCUT2D eigenvalue weighted by Crippen LogP contribution is -2.42. The first-order chi connectivity index (χ1) is 12.1. The van der Waals surface area contributed by atoms with Crippen LogP contribution in [0, 0.1) is 0 Å². The first-order valence-electron chi connectivity index (χ1n) is 7.64. The Morgan fingerprint density at radius 2 is 1.96 bits per heavy atom. The summed E-state index contributed by atoms with van der Waals surface area (Å²) in [6, 6.07) is 9.73. The Morgan fingerprint density at radius 1 is 1.20 bits per heavy atom. The molecule has 0 radical (unpaired) electrons. The van der Waals surface area contributed by atoms with Crippen LogP contribution >= 0.6 is 11.3 Å². The van der Waals surface area contributed by atoms with Gasteiger partial charge in [-0.05, 0) is 35.4 Å². The molecule has 6 nitrogen and oxygen atoms in total. The summed E-state index contributed by atoms with van der Waals surface area (Å²) >= 11 is 1.51. The summed E-state index contributed by atoms with van der Waals surface area (Å²) in [5.41, 5.74) is 1.34. The van der Waals surface area contributed by atoms with E-state index in [1.54, 1.807) is 43.3 Å². The number of esters is 1. The number of carbonyl (C=O) groups excluding carboxylic acids is 3. The molecule has 0 aliphatic rings. The normalized spacial score (nSPS) is 11.7. The quantitative estimate of drug-likeness (QED) is 0.614. The number of imide groups is 1. The van der Waals surface area contributed by atoms with Crippen LogP contribution in [-0.2, 0) is 14.3 Å². The molecule has 130 valence electrons. The van der Waals surface area contributed by atoms with E-state index < -0.39 is 24.0 Å². The third-order valence-electron chi connectivity index (χ3n) is 3.10. The van der Waals surface area contributed by atoms with Crippen molar-refractivity contribution in [3.05, 3.63) is 64.4 Å². The molecule has 0 saturated heterocycles. The van der Waals surface area contributed by atoms with Crippen molar-refractivity contribution in [1.82, 2.24) is 10.6 Å². The van der Waals surface area contributed by atoms with Crippen molar-refractivity contribution in [1.29, 1.82) is 0 Å². The number of carbonyl (C=O) groups is 3. The van der Waals surface area contributed by atoms with Gasteiger partial charge >= 0.3 is 12.0 Å². The van der Waals surface area contributed by atoms with E-state index >= 15 is 0 Å². The lowest BCUT2D eigenvalue weighted by molar-refractivity contribution is -0.151. The van der Waals surface area contributed by atoms with E-state index in [1.165, 1.54) is 17.4 Å². The van der Waals surface area contributed by atoms with Gasteiger partial charge in [0.1, 0.15) is 0 Å². The summed E-state index contributed by atoms with van der Waals surface area (Å²) in [5.74, 6) is -1.39. The number of thiophene rings is 1. The van der Waals surface area contributed by atoms with Gasteiger partial charge in [0.2, 0.25) is 6.10 Å². The van der Waals surface area contributed by atoms with Crippen LogP contribution < -0.4 is 10.6 Å². The predicted octanol–water partition coefficient (Wildman–Crippen LogP) is 2.89. The summed E-state index contributed by atoms with van der Waals surface area (Å²) < 4.78 is 5.26. The second-order valence-electron chi connectivity index (χ2n) is 4.97. The van der Waals surface area contributed by atoms with Gasteiger partial charge in [0.15, 0.2) is 0 Å². The smallest absolute Gasteiger partial charge is 0.331 e. The fourth-order valence-electron chi connectivity index (χ4n) is 1.97. The fourth-order valence-corrected chi connectivity index (χ4v) is 2.60. The van der Waals surface area contributed by atoms with Crippen LogP contribution in [0.25, 0.3) is 6.08 Å². The average Bonchev–Trinajstić information content (AvgIpc) is 3.12. The summed E-state index contributed by atoms with van der Waals surface area (Å²) in [5, 5.41) is 8.38. The molecule has 0 bridgehead atoms. The van der Waals surface area contributed by atoms with E-state index in [-0.39, 0.29) is 0 Å². The Hall–Kier alpha value is -2.93. The minimum Gasteiger partial charge on any atom is -0.444 e. The Bertz CT molecular complexity index is 742. The van der Waals surface area contributed by atoms with Gasteiger partial charge in [-0.25, -0.2) is 9.59 Å². The third-order valence-corrected chi connectivity index (χ3v) is 3.81. The van der Waals surface area contributed by atoms with E-state index in [2.05, 4.69) is 10.6 Å². The number of rotatable bonds is 6. The number of ether oxygens (including phenoxy) is 1. The minimum atomic E-state index is -1.22. The van der Waals surface area contributed by atoms with E-state index in [0.717, 1.165) is 5.56 Å². The molecule has 0 fully saturated rings. The molecule has 3 amide bonds. The van der Waals surface area contributed by atoms with Crippen molar-refractivity contribution < 1.29 is 19.1 Å². The van der Waals surface area contributed by atoms with Crippen LogP contribution in [0.5, 0.6) is 0 Å². The molecule has 25 heavy (non-hydrogen) atoms. The highest BCUT2D eigenvalue weighted by atomic mass is 32.1. The summed E-state index contributed by atoms with van der Waals surface area (Å²) in [4.78, 5) is 35.9. The molecule has 1 aromatic heterocycles. The molecule has 2 rings (SSSR count). The molecule has 0 spiro atoms. The monoisotopic (exact) mass is 358 g/mol. The minimum absolute atomic E-state index is 0.373. The fraction of sp³-hybridized carbons (Fsp3) is 0.167. The predicted molar refractivity (Wildman–Crippen MR) is 95.8 cm³/mol. The molecule has 2 N–H and O–H groups in total. The number of hydrogen-bond donors (Lipinski definition) is 2. The zero-order valence-corrected chi connectivity index (χ0v) is 14.4. The maximum Gasteiger partial charge on any atom is 0.331 e. The van der Waals surface area contributed by atoms with Crippen molar-refractivity contribution in [3.63, 3.8) is 0 Å². The third kappa shape index (κ3) is 5.89. The van der Waals surface area contributed by atoms with Gasteiger partial charge in [0.05, 0.1) is 0 Å². The highest BCUT2D eigenvalue weighted by Gasteiger charge is 2.25. The molecule has 7 heteroatoms. The number of urea groups is 1. The second-order valence-corrected chi connectivity index (χ2v) is 5.75. The van der Waals surface area contributed by atoms with E-state index in [1.807, 2.05) is 16.8 Å². The maximum absolute atomic E-state index is 12.3. The van der Waals surface area contributed by atoms with Gasteiger partial charge in [-0.1, -0.05) is 30.3 Å².